The van der Waals surface area contributed by atoms with Crippen LogP contribution in [0.2, 0.25) is 5.02 Å². The van der Waals surface area contributed by atoms with Crippen LogP contribution in [0.5, 0.6) is 0 Å². The lowest BCUT2D eigenvalue weighted by molar-refractivity contribution is -0.139. The molecule has 0 radical (unpaired) electrons. The average Bonchev–Trinajstić information content (AvgIpc) is 3.21. The van der Waals surface area contributed by atoms with Crippen molar-refractivity contribution in [2.24, 2.45) is 0 Å². The van der Waals surface area contributed by atoms with E-state index in [2.05, 4.69) is 19.9 Å². The van der Waals surface area contributed by atoms with Gasteiger partial charge < -0.3 is 14.0 Å². The zero-order chi connectivity index (χ0) is 26.3. The largest absolute Gasteiger partial charge is 0.609 e. The number of nitrogens with zero attached hydrogens (tertiary/aromatic N) is 5. The molecule has 0 amide bonds. The van der Waals surface area contributed by atoms with Gasteiger partial charge in [-0.3, -0.25) is 14.3 Å². The Balaban J connectivity index is 1.58. The number of rotatable bonds is 6. The lowest BCUT2D eigenvalue weighted by Crippen LogP contribution is -2.27. The average molecular weight is 540 g/mol. The fourth-order valence-corrected chi connectivity index (χ4v) is 5.05. The Morgan fingerprint density at radius 2 is 2.00 bits per heavy atom. The van der Waals surface area contributed by atoms with Crippen molar-refractivity contribution < 1.29 is 14.0 Å². The number of ether oxygens (including phenoxy) is 2. The van der Waals surface area contributed by atoms with Crippen LogP contribution in [0.4, 0.5) is 0 Å². The van der Waals surface area contributed by atoms with Gasteiger partial charge in [0.05, 0.1) is 30.3 Å². The van der Waals surface area contributed by atoms with Gasteiger partial charge in [0.25, 0.3) is 5.56 Å². The number of fused-ring (bicyclic) bond motifs is 1. The van der Waals surface area contributed by atoms with E-state index < -0.39 is 17.0 Å². The monoisotopic (exact) mass is 539 g/mol. The van der Waals surface area contributed by atoms with Gasteiger partial charge >= 0.3 is 5.16 Å². The Bertz CT molecular complexity index is 1540. The van der Waals surface area contributed by atoms with Crippen molar-refractivity contribution in [3.63, 3.8) is 0 Å². The Labute approximate surface area is 222 Å². The molecule has 4 aromatic rings. The third kappa shape index (κ3) is 5.39. The highest BCUT2D eigenvalue weighted by Gasteiger charge is 2.32. The van der Waals surface area contributed by atoms with Crippen molar-refractivity contribution in [1.82, 2.24) is 24.5 Å². The number of pyridine rings is 1. The van der Waals surface area contributed by atoms with E-state index in [1.807, 2.05) is 26.8 Å². The van der Waals surface area contributed by atoms with Crippen LogP contribution < -0.4 is 5.56 Å². The standard InChI is InChI=1S/C26H26ClN5O4S/c1-15-11-28-13-22(30-15)16-5-6-19(21(27)10-16)20-9-17-12-29-25(37(4)34)31-23(17)32(24(20)33)8-7-18-14-35-26(2,3)36-18/h5-6,9-13,18H,7-8,14H2,1-4H3/t18-,37?/m0/s1. The smallest absolute Gasteiger partial charge is 0.344 e. The second kappa shape index (κ2) is 10.1. The quantitative estimate of drug-likeness (QED) is 0.265. The van der Waals surface area contributed by atoms with Crippen molar-refractivity contribution >= 4 is 33.8 Å². The van der Waals surface area contributed by atoms with Crippen LogP contribution in [0.1, 0.15) is 26.0 Å². The summed E-state index contributed by atoms with van der Waals surface area (Å²) in [4.78, 5) is 31.2. The Morgan fingerprint density at radius 1 is 1.19 bits per heavy atom. The van der Waals surface area contributed by atoms with Gasteiger partial charge in [-0.05, 0) is 39.3 Å². The fraction of sp³-hybridized carbons (Fsp3) is 0.346. The van der Waals surface area contributed by atoms with Crippen molar-refractivity contribution in [2.75, 3.05) is 12.9 Å². The summed E-state index contributed by atoms with van der Waals surface area (Å²) in [5.41, 5.74) is 3.43. The summed E-state index contributed by atoms with van der Waals surface area (Å²) in [5.74, 6) is -0.662. The van der Waals surface area contributed by atoms with E-state index in [0.29, 0.717) is 52.4 Å². The normalized spacial score (nSPS) is 17.8. The molecule has 5 rings (SSSR count). The van der Waals surface area contributed by atoms with Crippen molar-refractivity contribution in [3.8, 4) is 22.4 Å². The number of benzene rings is 1. The van der Waals surface area contributed by atoms with Gasteiger partial charge in [0.2, 0.25) is 0 Å². The summed E-state index contributed by atoms with van der Waals surface area (Å²) < 4.78 is 25.2. The molecule has 4 heterocycles. The maximum atomic E-state index is 13.8. The molecule has 192 valence electrons. The number of aromatic nitrogens is 5. The van der Waals surface area contributed by atoms with Crippen LogP contribution >= 0.6 is 11.6 Å². The van der Waals surface area contributed by atoms with Crippen LogP contribution in [0.15, 0.2) is 52.8 Å². The van der Waals surface area contributed by atoms with Gasteiger partial charge in [-0.15, -0.1) is 0 Å². The highest BCUT2D eigenvalue weighted by Crippen LogP contribution is 2.32. The Morgan fingerprint density at radius 3 is 2.68 bits per heavy atom. The lowest BCUT2D eigenvalue weighted by Gasteiger charge is -2.18. The number of halogens is 1. The molecule has 9 nitrogen and oxygen atoms in total. The molecule has 1 aromatic carbocycles. The second-order valence-electron chi connectivity index (χ2n) is 9.38. The molecule has 0 spiro atoms. The van der Waals surface area contributed by atoms with E-state index in [0.717, 1.165) is 11.3 Å². The van der Waals surface area contributed by atoms with Gasteiger partial charge in [-0.1, -0.05) is 23.7 Å². The predicted molar refractivity (Wildman–Crippen MR) is 142 cm³/mol. The third-order valence-electron chi connectivity index (χ3n) is 6.11. The van der Waals surface area contributed by atoms with Crippen LogP contribution in [-0.2, 0) is 27.2 Å². The van der Waals surface area contributed by atoms with E-state index in [1.54, 1.807) is 41.4 Å². The van der Waals surface area contributed by atoms with E-state index in [4.69, 9.17) is 21.1 Å². The SMILES string of the molecule is Cc1cncc(-c2ccc(-c3cc4cnc([S+](C)[O-])nc4n(CC[C@H]4COC(C)(C)O4)c3=O)c(Cl)c2)n1. The first-order valence-corrected chi connectivity index (χ1v) is 13.7. The molecule has 37 heavy (non-hydrogen) atoms. The minimum absolute atomic E-state index is 0.164. The van der Waals surface area contributed by atoms with Crippen LogP contribution in [0, 0.1) is 6.92 Å². The fourth-order valence-electron chi connectivity index (χ4n) is 4.36. The van der Waals surface area contributed by atoms with E-state index in [1.165, 1.54) is 6.26 Å². The van der Waals surface area contributed by atoms with Gasteiger partial charge in [0, 0.05) is 57.2 Å². The molecule has 1 aliphatic heterocycles. The highest BCUT2D eigenvalue weighted by atomic mass is 35.5. The summed E-state index contributed by atoms with van der Waals surface area (Å²) >= 11 is 5.31. The molecule has 0 N–H and O–H groups in total. The molecule has 0 aliphatic carbocycles. The van der Waals surface area contributed by atoms with Gasteiger partial charge in [0.1, 0.15) is 6.26 Å². The minimum Gasteiger partial charge on any atom is -0.609 e. The molecule has 1 aliphatic rings. The molecule has 1 saturated heterocycles. The summed E-state index contributed by atoms with van der Waals surface area (Å²) in [7, 11) is 0. The first-order valence-electron chi connectivity index (χ1n) is 11.8. The lowest BCUT2D eigenvalue weighted by atomic mass is 10.0. The molecule has 3 aromatic heterocycles. The molecule has 0 saturated carbocycles. The number of aryl methyl sites for hydroxylation is 2. The molecule has 1 unspecified atom stereocenters. The Hall–Kier alpha value is -2.89. The molecule has 11 heteroatoms. The first-order chi connectivity index (χ1) is 17.6. The van der Waals surface area contributed by atoms with Gasteiger partial charge in [-0.25, -0.2) is 4.98 Å². The minimum atomic E-state index is -1.40. The molecule has 0 bridgehead atoms. The van der Waals surface area contributed by atoms with Crippen molar-refractivity contribution in [1.29, 1.82) is 0 Å². The summed E-state index contributed by atoms with van der Waals surface area (Å²) in [6, 6.07) is 7.17. The summed E-state index contributed by atoms with van der Waals surface area (Å²) in [6.07, 6.45) is 6.81. The van der Waals surface area contributed by atoms with Crippen molar-refractivity contribution in [2.45, 2.75) is 50.8 Å². The maximum absolute atomic E-state index is 13.8. The van der Waals surface area contributed by atoms with Gasteiger partial charge in [0.15, 0.2) is 11.4 Å². The predicted octanol–water partition coefficient (Wildman–Crippen LogP) is 4.16. The van der Waals surface area contributed by atoms with Crippen LogP contribution in [-0.4, -0.2) is 53.8 Å². The molecular weight excluding hydrogens is 514 g/mol. The molecule has 1 fully saturated rings. The zero-order valence-corrected chi connectivity index (χ0v) is 22.5. The van der Waals surface area contributed by atoms with E-state index >= 15 is 0 Å². The maximum Gasteiger partial charge on any atom is 0.344 e. The van der Waals surface area contributed by atoms with Gasteiger partial charge in [-0.2, -0.15) is 9.97 Å². The molecule has 2 atom stereocenters. The third-order valence-corrected chi connectivity index (χ3v) is 7.14. The molecular formula is C26H26ClN5O4S. The van der Waals surface area contributed by atoms with Crippen LogP contribution in [0.3, 0.4) is 0 Å². The number of hydrogen-bond acceptors (Lipinski definition) is 8. The highest BCUT2D eigenvalue weighted by molar-refractivity contribution is 7.90. The zero-order valence-electron chi connectivity index (χ0n) is 20.9. The number of hydrogen-bond donors (Lipinski definition) is 0. The van der Waals surface area contributed by atoms with E-state index in [-0.39, 0.29) is 16.8 Å². The van der Waals surface area contributed by atoms with Crippen molar-refractivity contribution in [3.05, 3.63) is 63.9 Å². The Kier molecular flexibility index (Phi) is 7.03. The summed E-state index contributed by atoms with van der Waals surface area (Å²) in [6.45, 7) is 6.36. The van der Waals surface area contributed by atoms with Crippen LogP contribution in [0.25, 0.3) is 33.4 Å². The second-order valence-corrected chi connectivity index (χ2v) is 11.1. The topological polar surface area (TPSA) is 115 Å². The first kappa shape index (κ1) is 25.7. The summed E-state index contributed by atoms with van der Waals surface area (Å²) in [5, 5.41) is 1.21. The van der Waals surface area contributed by atoms with E-state index in [9.17, 15) is 9.35 Å².